The Morgan fingerprint density at radius 1 is 1.25 bits per heavy atom. The van der Waals surface area contributed by atoms with Gasteiger partial charge >= 0.3 is 0 Å². The van der Waals surface area contributed by atoms with Crippen molar-refractivity contribution in [3.63, 3.8) is 0 Å². The maximum Gasteiger partial charge on any atom is 0.180 e. The van der Waals surface area contributed by atoms with Crippen molar-refractivity contribution in [2.24, 2.45) is 0 Å². The number of hydrogen-bond acceptors (Lipinski definition) is 4. The van der Waals surface area contributed by atoms with Crippen molar-refractivity contribution in [1.82, 2.24) is 10.2 Å². The van der Waals surface area contributed by atoms with Crippen LogP contribution in [-0.4, -0.2) is 50.0 Å². The maximum atomic E-state index is 12.6. The third-order valence-corrected chi connectivity index (χ3v) is 3.71. The van der Waals surface area contributed by atoms with E-state index in [4.69, 9.17) is 4.74 Å². The van der Waals surface area contributed by atoms with Gasteiger partial charge in [0.2, 0.25) is 0 Å². The molecule has 0 unspecified atom stereocenters. The minimum Gasteiger partial charge on any atom is -0.493 e. The van der Waals surface area contributed by atoms with Crippen molar-refractivity contribution in [2.75, 3.05) is 39.3 Å². The lowest BCUT2D eigenvalue weighted by Crippen LogP contribution is -2.45. The number of Topliss-reactive ketones (excluding diaryl/α,β-unsaturated/α-hetero) is 1. The van der Waals surface area contributed by atoms with Gasteiger partial charge in [0.25, 0.3) is 0 Å². The zero-order valence-corrected chi connectivity index (χ0v) is 12.7. The van der Waals surface area contributed by atoms with Crippen LogP contribution in [0.2, 0.25) is 0 Å². The van der Waals surface area contributed by atoms with Crippen LogP contribution < -0.4 is 10.1 Å². The molecule has 0 atom stereocenters. The van der Waals surface area contributed by atoms with Crippen molar-refractivity contribution >= 4 is 5.78 Å². The topological polar surface area (TPSA) is 41.6 Å². The van der Waals surface area contributed by atoms with Gasteiger partial charge in [-0.25, -0.2) is 0 Å². The Morgan fingerprint density at radius 3 is 2.55 bits per heavy atom. The molecule has 0 amide bonds. The van der Waals surface area contributed by atoms with Gasteiger partial charge < -0.3 is 10.1 Å². The first kappa shape index (κ1) is 15.0. The van der Waals surface area contributed by atoms with Crippen LogP contribution in [0.5, 0.6) is 5.75 Å². The fraction of sp³-hybridized carbons (Fsp3) is 0.562. The Bertz CT molecular complexity index is 480. The fourth-order valence-corrected chi connectivity index (χ4v) is 2.61. The number of ketones is 1. The van der Waals surface area contributed by atoms with Crippen LogP contribution in [0.4, 0.5) is 0 Å². The lowest BCUT2D eigenvalue weighted by molar-refractivity contribution is 0.0917. The van der Waals surface area contributed by atoms with E-state index in [0.29, 0.717) is 13.2 Å². The molecule has 1 heterocycles. The van der Waals surface area contributed by atoms with E-state index < -0.39 is 0 Å². The Kier molecular flexibility index (Phi) is 5.15. The van der Waals surface area contributed by atoms with Crippen LogP contribution in [0.15, 0.2) is 12.1 Å². The smallest absolute Gasteiger partial charge is 0.180 e. The number of carbonyl (C=O) groups excluding carboxylic acids is 1. The van der Waals surface area contributed by atoms with Crippen LogP contribution in [0.1, 0.15) is 28.4 Å². The highest BCUT2D eigenvalue weighted by Crippen LogP contribution is 2.27. The summed E-state index contributed by atoms with van der Waals surface area (Å²) in [7, 11) is 0. The molecule has 1 aliphatic heterocycles. The van der Waals surface area contributed by atoms with Gasteiger partial charge in [-0.05, 0) is 31.9 Å². The highest BCUT2D eigenvalue weighted by atomic mass is 16.5. The van der Waals surface area contributed by atoms with Crippen LogP contribution in [0.25, 0.3) is 0 Å². The number of rotatable bonds is 5. The molecule has 1 fully saturated rings. The summed E-state index contributed by atoms with van der Waals surface area (Å²) in [6.07, 6.45) is 0. The molecule has 0 bridgehead atoms. The van der Waals surface area contributed by atoms with Gasteiger partial charge in [-0.3, -0.25) is 9.69 Å². The first-order valence-corrected chi connectivity index (χ1v) is 7.32. The first-order chi connectivity index (χ1) is 9.63. The molecule has 0 aromatic heterocycles. The van der Waals surface area contributed by atoms with Crippen molar-refractivity contribution in [2.45, 2.75) is 20.8 Å². The van der Waals surface area contributed by atoms with Crippen LogP contribution in [0, 0.1) is 13.8 Å². The largest absolute Gasteiger partial charge is 0.493 e. The average molecular weight is 276 g/mol. The quantitative estimate of drug-likeness (QED) is 0.833. The molecule has 4 heteroatoms. The monoisotopic (exact) mass is 276 g/mol. The normalized spacial score (nSPS) is 16.1. The molecule has 110 valence electrons. The van der Waals surface area contributed by atoms with E-state index >= 15 is 0 Å². The van der Waals surface area contributed by atoms with Crippen molar-refractivity contribution in [1.29, 1.82) is 0 Å². The molecular formula is C16H24N2O2. The molecule has 20 heavy (non-hydrogen) atoms. The lowest BCUT2D eigenvalue weighted by Gasteiger charge is -2.27. The first-order valence-electron chi connectivity index (χ1n) is 7.32. The zero-order valence-electron chi connectivity index (χ0n) is 12.7. The fourth-order valence-electron chi connectivity index (χ4n) is 2.61. The molecule has 2 rings (SSSR count). The maximum absolute atomic E-state index is 12.6. The van der Waals surface area contributed by atoms with E-state index in [1.54, 1.807) is 0 Å². The molecule has 0 spiro atoms. The third-order valence-electron chi connectivity index (χ3n) is 3.71. The van der Waals surface area contributed by atoms with E-state index in [1.807, 2.05) is 32.9 Å². The second-order valence-corrected chi connectivity index (χ2v) is 5.29. The van der Waals surface area contributed by atoms with Crippen LogP contribution in [0.3, 0.4) is 0 Å². The Labute approximate surface area is 121 Å². The Morgan fingerprint density at radius 2 is 1.90 bits per heavy atom. The summed E-state index contributed by atoms with van der Waals surface area (Å²) < 4.78 is 5.71. The molecule has 1 aromatic rings. The minimum atomic E-state index is 0.163. The van der Waals surface area contributed by atoms with Gasteiger partial charge in [0.1, 0.15) is 5.75 Å². The summed E-state index contributed by atoms with van der Waals surface area (Å²) in [5, 5.41) is 3.30. The predicted octanol–water partition coefficient (Wildman–Crippen LogP) is 1.79. The van der Waals surface area contributed by atoms with Gasteiger partial charge in [-0.1, -0.05) is 12.1 Å². The molecule has 0 saturated carbocycles. The number of ether oxygens (including phenoxy) is 1. The van der Waals surface area contributed by atoms with Crippen molar-refractivity contribution < 1.29 is 9.53 Å². The summed E-state index contributed by atoms with van der Waals surface area (Å²) in [6.45, 7) is 10.8. The zero-order chi connectivity index (χ0) is 14.5. The van der Waals surface area contributed by atoms with E-state index in [9.17, 15) is 4.79 Å². The number of nitrogens with zero attached hydrogens (tertiary/aromatic N) is 1. The molecular weight excluding hydrogens is 252 g/mol. The molecule has 1 saturated heterocycles. The molecule has 0 radical (unpaired) electrons. The summed E-state index contributed by atoms with van der Waals surface area (Å²) in [5.41, 5.74) is 2.78. The van der Waals surface area contributed by atoms with Crippen molar-refractivity contribution in [3.05, 3.63) is 28.8 Å². The van der Waals surface area contributed by atoms with E-state index in [-0.39, 0.29) is 5.78 Å². The molecule has 0 aliphatic carbocycles. The second-order valence-electron chi connectivity index (χ2n) is 5.29. The van der Waals surface area contributed by atoms with Crippen molar-refractivity contribution in [3.8, 4) is 5.75 Å². The SMILES string of the molecule is CCOc1c(C)ccc(C)c1C(=O)CN1CCNCC1. The highest BCUT2D eigenvalue weighted by Gasteiger charge is 2.21. The number of aryl methyl sites for hydroxylation is 2. The molecule has 1 N–H and O–H groups in total. The lowest BCUT2D eigenvalue weighted by atomic mass is 9.99. The number of nitrogens with one attached hydrogen (secondary N) is 1. The second kappa shape index (κ2) is 6.86. The predicted molar refractivity (Wildman–Crippen MR) is 80.7 cm³/mol. The number of carbonyl (C=O) groups is 1. The summed E-state index contributed by atoms with van der Waals surface area (Å²) in [6, 6.07) is 4.02. The van der Waals surface area contributed by atoms with Crippen LogP contribution >= 0.6 is 0 Å². The van der Waals surface area contributed by atoms with Gasteiger partial charge in [0.15, 0.2) is 5.78 Å². The van der Waals surface area contributed by atoms with Gasteiger partial charge in [0.05, 0.1) is 18.7 Å². The average Bonchev–Trinajstić information content (AvgIpc) is 2.44. The summed E-state index contributed by atoms with van der Waals surface area (Å²) in [5.74, 6) is 0.921. The molecule has 1 aromatic carbocycles. The minimum absolute atomic E-state index is 0.163. The highest BCUT2D eigenvalue weighted by molar-refractivity contribution is 6.01. The van der Waals surface area contributed by atoms with Gasteiger partial charge in [-0.15, -0.1) is 0 Å². The van der Waals surface area contributed by atoms with Gasteiger partial charge in [-0.2, -0.15) is 0 Å². The van der Waals surface area contributed by atoms with Crippen LogP contribution in [-0.2, 0) is 0 Å². The third kappa shape index (κ3) is 3.38. The summed E-state index contributed by atoms with van der Waals surface area (Å²) in [4.78, 5) is 14.8. The standard InChI is InChI=1S/C16H24N2O2/c1-4-20-16-13(3)6-5-12(2)15(16)14(19)11-18-9-7-17-8-10-18/h5-6,17H,4,7-11H2,1-3H3. The Balaban J connectivity index is 2.21. The summed E-state index contributed by atoms with van der Waals surface area (Å²) >= 11 is 0. The van der Waals surface area contributed by atoms with E-state index in [0.717, 1.165) is 48.6 Å². The molecule has 4 nitrogen and oxygen atoms in total. The van der Waals surface area contributed by atoms with Gasteiger partial charge in [0, 0.05) is 26.2 Å². The van der Waals surface area contributed by atoms with E-state index in [1.165, 1.54) is 0 Å². The Hall–Kier alpha value is -1.39. The number of benzene rings is 1. The molecule has 1 aliphatic rings. The van der Waals surface area contributed by atoms with E-state index in [2.05, 4.69) is 10.2 Å². The number of hydrogen-bond donors (Lipinski definition) is 1. The number of piperazine rings is 1.